The Bertz CT molecular complexity index is 488. The molecule has 0 unspecified atom stereocenters. The molecule has 1 aromatic rings. The number of benzene rings is 1. The molecule has 1 aromatic carbocycles. The lowest BCUT2D eigenvalue weighted by molar-refractivity contribution is 0.0663. The zero-order valence-electron chi connectivity index (χ0n) is 11.7. The molecule has 0 aromatic heterocycles. The zero-order valence-corrected chi connectivity index (χ0v) is 13.2. The first kappa shape index (κ1) is 15.4. The van der Waals surface area contributed by atoms with Crippen molar-refractivity contribution in [2.24, 2.45) is 0 Å². The minimum absolute atomic E-state index is 0.0347. The molecule has 0 atom stereocenters. The summed E-state index contributed by atoms with van der Waals surface area (Å²) in [6.45, 7) is 1.50. The summed E-state index contributed by atoms with van der Waals surface area (Å²) in [7, 11) is 4.14. The summed E-state index contributed by atoms with van der Waals surface area (Å²) < 4.78 is 0. The molecule has 20 heavy (non-hydrogen) atoms. The number of amides is 1. The van der Waals surface area contributed by atoms with Crippen LogP contribution in [0.3, 0.4) is 0 Å². The molecule has 0 spiro atoms. The van der Waals surface area contributed by atoms with Crippen molar-refractivity contribution in [3.8, 4) is 0 Å². The number of nitrogen functional groups attached to an aromatic ring is 1. The molecule has 110 valence electrons. The van der Waals surface area contributed by atoms with Gasteiger partial charge in [-0.2, -0.15) is 0 Å². The summed E-state index contributed by atoms with van der Waals surface area (Å²) in [6.07, 6.45) is 1.96. The predicted octanol–water partition coefficient (Wildman–Crippen LogP) is 2.74. The van der Waals surface area contributed by atoms with Gasteiger partial charge in [0, 0.05) is 24.7 Å². The molecule has 1 aliphatic rings. The lowest BCUT2D eigenvalue weighted by atomic mass is 10.0. The highest BCUT2D eigenvalue weighted by Crippen LogP contribution is 2.30. The SMILES string of the molecule is CN(C)C1CCN(C(=O)c2cc(N)c(Cl)c(Cl)c2)CC1. The Labute approximate surface area is 129 Å². The smallest absolute Gasteiger partial charge is 0.253 e. The highest BCUT2D eigenvalue weighted by molar-refractivity contribution is 6.43. The van der Waals surface area contributed by atoms with E-state index in [4.69, 9.17) is 28.9 Å². The summed E-state index contributed by atoms with van der Waals surface area (Å²) in [5.41, 5.74) is 6.60. The maximum atomic E-state index is 12.4. The van der Waals surface area contributed by atoms with Gasteiger partial charge in [-0.25, -0.2) is 0 Å². The van der Waals surface area contributed by atoms with E-state index in [2.05, 4.69) is 19.0 Å². The number of anilines is 1. The molecule has 0 bridgehead atoms. The molecule has 1 fully saturated rings. The second-order valence-electron chi connectivity index (χ2n) is 5.35. The van der Waals surface area contributed by atoms with Crippen molar-refractivity contribution in [2.75, 3.05) is 32.9 Å². The fraction of sp³-hybridized carbons (Fsp3) is 0.500. The van der Waals surface area contributed by atoms with Gasteiger partial charge in [-0.05, 0) is 39.1 Å². The van der Waals surface area contributed by atoms with Crippen LogP contribution in [-0.2, 0) is 0 Å². The Hall–Kier alpha value is -0.970. The molecule has 4 nitrogen and oxygen atoms in total. The molecular formula is C14H19Cl2N3O. The van der Waals surface area contributed by atoms with Crippen LogP contribution < -0.4 is 5.73 Å². The van der Waals surface area contributed by atoms with E-state index < -0.39 is 0 Å². The van der Waals surface area contributed by atoms with E-state index in [1.165, 1.54) is 0 Å². The van der Waals surface area contributed by atoms with Crippen LogP contribution in [0.1, 0.15) is 23.2 Å². The topological polar surface area (TPSA) is 49.6 Å². The number of piperidine rings is 1. The molecule has 1 saturated heterocycles. The molecule has 1 aliphatic heterocycles. The second-order valence-corrected chi connectivity index (χ2v) is 6.13. The quantitative estimate of drug-likeness (QED) is 0.854. The second kappa shape index (κ2) is 6.20. The van der Waals surface area contributed by atoms with Crippen molar-refractivity contribution in [2.45, 2.75) is 18.9 Å². The first-order valence-electron chi connectivity index (χ1n) is 6.60. The van der Waals surface area contributed by atoms with Crippen LogP contribution in [-0.4, -0.2) is 48.9 Å². The fourth-order valence-electron chi connectivity index (χ4n) is 2.50. The average molecular weight is 316 g/mol. The molecule has 0 radical (unpaired) electrons. The normalized spacial score (nSPS) is 16.8. The molecule has 2 rings (SSSR count). The van der Waals surface area contributed by atoms with Gasteiger partial charge in [-0.15, -0.1) is 0 Å². The fourth-order valence-corrected chi connectivity index (χ4v) is 2.84. The number of carbonyl (C=O) groups is 1. The van der Waals surface area contributed by atoms with Gasteiger partial charge in [0.2, 0.25) is 0 Å². The highest BCUT2D eigenvalue weighted by Gasteiger charge is 2.25. The van der Waals surface area contributed by atoms with Gasteiger partial charge in [0.25, 0.3) is 5.91 Å². The van der Waals surface area contributed by atoms with Crippen LogP contribution in [0.15, 0.2) is 12.1 Å². The number of hydrogen-bond acceptors (Lipinski definition) is 3. The molecule has 0 aliphatic carbocycles. The molecule has 0 saturated carbocycles. The van der Waals surface area contributed by atoms with E-state index in [-0.39, 0.29) is 5.91 Å². The monoisotopic (exact) mass is 315 g/mol. The number of nitrogens with two attached hydrogens (primary N) is 1. The predicted molar refractivity (Wildman–Crippen MR) is 83.5 cm³/mol. The first-order chi connectivity index (χ1) is 9.40. The Kier molecular flexibility index (Phi) is 4.78. The molecule has 1 heterocycles. The van der Waals surface area contributed by atoms with E-state index in [1.54, 1.807) is 12.1 Å². The molecule has 6 heteroatoms. The number of carbonyl (C=O) groups excluding carboxylic acids is 1. The van der Waals surface area contributed by atoms with Crippen molar-refractivity contribution in [3.63, 3.8) is 0 Å². The maximum Gasteiger partial charge on any atom is 0.253 e. The summed E-state index contributed by atoms with van der Waals surface area (Å²) in [5, 5.41) is 0.618. The summed E-state index contributed by atoms with van der Waals surface area (Å²) in [6, 6.07) is 3.72. The Morgan fingerprint density at radius 2 is 1.90 bits per heavy atom. The summed E-state index contributed by atoms with van der Waals surface area (Å²) >= 11 is 11.9. The number of likely N-dealkylation sites (tertiary alicyclic amines) is 1. The largest absolute Gasteiger partial charge is 0.397 e. The first-order valence-corrected chi connectivity index (χ1v) is 7.36. The average Bonchev–Trinajstić information content (AvgIpc) is 2.43. The van der Waals surface area contributed by atoms with Crippen molar-refractivity contribution >= 4 is 34.8 Å². The van der Waals surface area contributed by atoms with E-state index in [1.807, 2.05) is 4.90 Å². The third kappa shape index (κ3) is 3.19. The summed E-state index contributed by atoms with van der Waals surface area (Å²) in [4.78, 5) is 16.5. The third-order valence-electron chi connectivity index (χ3n) is 3.79. The Morgan fingerprint density at radius 1 is 1.30 bits per heavy atom. The molecule has 1 amide bonds. The maximum absolute atomic E-state index is 12.4. The lowest BCUT2D eigenvalue weighted by Gasteiger charge is -2.35. The minimum Gasteiger partial charge on any atom is -0.397 e. The Balaban J connectivity index is 2.09. The van der Waals surface area contributed by atoms with Crippen LogP contribution in [0.2, 0.25) is 10.0 Å². The number of nitrogens with zero attached hydrogens (tertiary/aromatic N) is 2. The highest BCUT2D eigenvalue weighted by atomic mass is 35.5. The van der Waals surface area contributed by atoms with Crippen LogP contribution in [0.4, 0.5) is 5.69 Å². The third-order valence-corrected chi connectivity index (χ3v) is 4.60. The van der Waals surface area contributed by atoms with Crippen molar-refractivity contribution < 1.29 is 4.79 Å². The van der Waals surface area contributed by atoms with E-state index in [0.717, 1.165) is 25.9 Å². The number of halogens is 2. The standard InChI is InChI=1S/C14H19Cl2N3O/c1-18(2)10-3-5-19(6-4-10)14(20)9-7-11(15)13(16)12(17)8-9/h7-8,10H,3-6,17H2,1-2H3. The van der Waals surface area contributed by atoms with Crippen molar-refractivity contribution in [3.05, 3.63) is 27.7 Å². The van der Waals surface area contributed by atoms with Gasteiger partial charge in [0.05, 0.1) is 15.7 Å². The van der Waals surface area contributed by atoms with Crippen LogP contribution in [0.5, 0.6) is 0 Å². The van der Waals surface area contributed by atoms with Crippen molar-refractivity contribution in [1.82, 2.24) is 9.80 Å². The Morgan fingerprint density at radius 3 is 2.40 bits per heavy atom. The van der Waals surface area contributed by atoms with Crippen LogP contribution in [0, 0.1) is 0 Å². The van der Waals surface area contributed by atoms with Gasteiger partial charge >= 0.3 is 0 Å². The number of hydrogen-bond donors (Lipinski definition) is 1. The number of rotatable bonds is 2. The summed E-state index contributed by atoms with van der Waals surface area (Å²) in [5.74, 6) is -0.0347. The van der Waals surface area contributed by atoms with Gasteiger partial charge < -0.3 is 15.5 Å². The van der Waals surface area contributed by atoms with E-state index in [0.29, 0.717) is 27.3 Å². The zero-order chi connectivity index (χ0) is 14.9. The van der Waals surface area contributed by atoms with E-state index >= 15 is 0 Å². The van der Waals surface area contributed by atoms with Gasteiger partial charge in [-0.3, -0.25) is 4.79 Å². The van der Waals surface area contributed by atoms with Gasteiger partial charge in [0.15, 0.2) is 0 Å². The van der Waals surface area contributed by atoms with Gasteiger partial charge in [0.1, 0.15) is 0 Å². The van der Waals surface area contributed by atoms with Crippen molar-refractivity contribution in [1.29, 1.82) is 0 Å². The van der Waals surface area contributed by atoms with E-state index in [9.17, 15) is 4.79 Å². The van der Waals surface area contributed by atoms with Crippen LogP contribution >= 0.6 is 23.2 Å². The molecular weight excluding hydrogens is 297 g/mol. The van der Waals surface area contributed by atoms with Crippen LogP contribution in [0.25, 0.3) is 0 Å². The molecule has 2 N–H and O–H groups in total. The van der Waals surface area contributed by atoms with Gasteiger partial charge in [-0.1, -0.05) is 23.2 Å². The lowest BCUT2D eigenvalue weighted by Crippen LogP contribution is -2.44. The minimum atomic E-state index is -0.0347.